The van der Waals surface area contributed by atoms with Crippen LogP contribution in [0.1, 0.15) is 32.5 Å². The van der Waals surface area contributed by atoms with Crippen LogP contribution in [-0.4, -0.2) is 27.4 Å². The molecule has 7 heteroatoms. The van der Waals surface area contributed by atoms with E-state index in [1.165, 1.54) is 4.88 Å². The minimum atomic E-state index is -0.0374. The van der Waals surface area contributed by atoms with Gasteiger partial charge in [0.2, 0.25) is 11.9 Å². The Morgan fingerprint density at radius 3 is 2.27 bits per heavy atom. The molecule has 0 saturated heterocycles. The average molecular weight is 319 g/mol. The molecule has 2 heterocycles. The minimum Gasteiger partial charge on any atom is -0.368 e. The van der Waals surface area contributed by atoms with Crippen LogP contribution < -0.4 is 11.1 Å². The Morgan fingerprint density at radius 1 is 1.09 bits per heavy atom. The number of aromatic nitrogens is 3. The van der Waals surface area contributed by atoms with Crippen LogP contribution in [0, 0.1) is 27.7 Å². The van der Waals surface area contributed by atoms with Crippen LogP contribution in [-0.2, 0) is 17.6 Å². The second-order valence-corrected chi connectivity index (χ2v) is 6.54. The van der Waals surface area contributed by atoms with Gasteiger partial charge in [-0.25, -0.2) is 15.0 Å². The van der Waals surface area contributed by atoms with Gasteiger partial charge < -0.3 is 11.1 Å². The van der Waals surface area contributed by atoms with Crippen LogP contribution in [0.25, 0.3) is 0 Å². The number of rotatable bonds is 5. The van der Waals surface area contributed by atoms with Gasteiger partial charge in [0.15, 0.2) is 0 Å². The lowest BCUT2D eigenvalue weighted by Crippen LogP contribution is -2.28. The second kappa shape index (κ2) is 6.83. The molecule has 2 aromatic rings. The quantitative estimate of drug-likeness (QED) is 0.874. The van der Waals surface area contributed by atoms with Gasteiger partial charge in [0.25, 0.3) is 0 Å². The molecule has 118 valence electrons. The van der Waals surface area contributed by atoms with Crippen molar-refractivity contribution in [2.24, 2.45) is 0 Å². The monoisotopic (exact) mass is 319 g/mol. The average Bonchev–Trinajstić information content (AvgIpc) is 2.73. The van der Waals surface area contributed by atoms with E-state index in [1.807, 2.05) is 20.8 Å². The minimum absolute atomic E-state index is 0.0374. The molecule has 0 unspecified atom stereocenters. The summed E-state index contributed by atoms with van der Waals surface area (Å²) < 4.78 is 0. The van der Waals surface area contributed by atoms with Gasteiger partial charge in [0.05, 0.1) is 17.1 Å². The van der Waals surface area contributed by atoms with Crippen molar-refractivity contribution in [3.63, 3.8) is 0 Å². The van der Waals surface area contributed by atoms with Crippen LogP contribution in [0.4, 0.5) is 5.95 Å². The Morgan fingerprint density at radius 2 is 1.73 bits per heavy atom. The fourth-order valence-corrected chi connectivity index (χ4v) is 3.13. The first-order chi connectivity index (χ1) is 10.4. The Kier molecular flexibility index (Phi) is 5.07. The van der Waals surface area contributed by atoms with Crippen molar-refractivity contribution in [1.82, 2.24) is 20.3 Å². The van der Waals surface area contributed by atoms with E-state index in [2.05, 4.69) is 27.2 Å². The third kappa shape index (κ3) is 4.00. The zero-order valence-corrected chi connectivity index (χ0v) is 14.2. The van der Waals surface area contributed by atoms with Crippen LogP contribution in [0.3, 0.4) is 0 Å². The molecule has 0 fully saturated rings. The number of hydrogen-bond donors (Lipinski definition) is 2. The van der Waals surface area contributed by atoms with Crippen LogP contribution >= 0.6 is 11.3 Å². The Balaban J connectivity index is 1.88. The number of thiazole rings is 1. The Bertz CT molecular complexity index is 653. The smallest absolute Gasteiger partial charge is 0.224 e. The first kappa shape index (κ1) is 16.4. The number of aryl methyl sites for hydroxylation is 4. The summed E-state index contributed by atoms with van der Waals surface area (Å²) in [7, 11) is 0. The molecule has 1 amide bonds. The summed E-state index contributed by atoms with van der Waals surface area (Å²) in [5.41, 5.74) is 9.01. The molecular formula is C15H21N5OS. The third-order valence-corrected chi connectivity index (χ3v) is 4.64. The molecule has 0 saturated carbocycles. The highest BCUT2D eigenvalue weighted by Gasteiger charge is 2.12. The van der Waals surface area contributed by atoms with E-state index in [-0.39, 0.29) is 18.3 Å². The van der Waals surface area contributed by atoms with Gasteiger partial charge in [-0.15, -0.1) is 11.3 Å². The zero-order valence-electron chi connectivity index (χ0n) is 13.4. The molecule has 0 aliphatic rings. The topological polar surface area (TPSA) is 93.8 Å². The first-order valence-corrected chi connectivity index (χ1v) is 7.97. The van der Waals surface area contributed by atoms with E-state index in [0.717, 1.165) is 34.1 Å². The summed E-state index contributed by atoms with van der Waals surface area (Å²) in [6.07, 6.45) is 1.02. The highest BCUT2D eigenvalue weighted by molar-refractivity contribution is 7.11. The summed E-state index contributed by atoms with van der Waals surface area (Å²) in [5.74, 6) is 0.207. The summed E-state index contributed by atoms with van der Waals surface area (Å²) in [4.78, 5) is 26.0. The molecule has 2 rings (SSSR count). The number of nitrogen functional groups attached to an aromatic ring is 1. The predicted octanol–water partition coefficient (Wildman–Crippen LogP) is 1.65. The molecule has 22 heavy (non-hydrogen) atoms. The highest BCUT2D eigenvalue weighted by atomic mass is 32.1. The van der Waals surface area contributed by atoms with Crippen LogP contribution in [0.2, 0.25) is 0 Å². The fourth-order valence-electron chi connectivity index (χ4n) is 2.20. The number of nitrogens with one attached hydrogen (secondary N) is 1. The molecule has 0 aromatic carbocycles. The van der Waals surface area contributed by atoms with Gasteiger partial charge in [-0.1, -0.05) is 0 Å². The molecule has 0 bridgehead atoms. The van der Waals surface area contributed by atoms with Gasteiger partial charge >= 0.3 is 0 Å². The van der Waals surface area contributed by atoms with E-state index in [1.54, 1.807) is 11.3 Å². The van der Waals surface area contributed by atoms with Gasteiger partial charge in [-0.05, 0) is 27.7 Å². The van der Waals surface area contributed by atoms with E-state index < -0.39 is 0 Å². The lowest BCUT2D eigenvalue weighted by Gasteiger charge is -2.09. The number of carbonyl (C=O) groups is 1. The van der Waals surface area contributed by atoms with Crippen molar-refractivity contribution in [2.45, 2.75) is 40.5 Å². The first-order valence-electron chi connectivity index (χ1n) is 7.16. The molecule has 0 aliphatic heterocycles. The molecule has 2 aromatic heterocycles. The molecule has 3 N–H and O–H groups in total. The number of nitrogens with two attached hydrogens (primary N) is 1. The lowest BCUT2D eigenvalue weighted by atomic mass is 10.1. The number of hydrogen-bond acceptors (Lipinski definition) is 6. The van der Waals surface area contributed by atoms with Crippen LogP contribution in [0.5, 0.6) is 0 Å². The number of anilines is 1. The summed E-state index contributed by atoms with van der Waals surface area (Å²) in [6, 6.07) is 0. The maximum Gasteiger partial charge on any atom is 0.224 e. The summed E-state index contributed by atoms with van der Waals surface area (Å²) >= 11 is 1.68. The Labute approximate surface area is 134 Å². The second-order valence-electron chi connectivity index (χ2n) is 5.26. The van der Waals surface area contributed by atoms with Gasteiger partial charge in [0.1, 0.15) is 0 Å². The molecule has 6 nitrogen and oxygen atoms in total. The fraction of sp³-hybridized carbons (Fsp3) is 0.467. The van der Waals surface area contributed by atoms with Crippen molar-refractivity contribution in [3.8, 4) is 0 Å². The van der Waals surface area contributed by atoms with Crippen molar-refractivity contribution < 1.29 is 4.79 Å². The maximum absolute atomic E-state index is 12.0. The largest absolute Gasteiger partial charge is 0.368 e. The standard InChI is InChI=1S/C15H21N5OS/c1-8-11(4)22-14(18-8)5-6-17-13(21)7-12-9(2)19-15(16)20-10(12)3/h5-7H2,1-4H3,(H,17,21)(H2,16,19,20). The van der Waals surface area contributed by atoms with E-state index >= 15 is 0 Å². The zero-order chi connectivity index (χ0) is 16.3. The molecule has 0 atom stereocenters. The maximum atomic E-state index is 12.0. The number of amides is 1. The molecular weight excluding hydrogens is 298 g/mol. The van der Waals surface area contributed by atoms with Gasteiger partial charge in [-0.3, -0.25) is 4.79 Å². The predicted molar refractivity (Wildman–Crippen MR) is 87.9 cm³/mol. The Hall–Kier alpha value is -2.02. The third-order valence-electron chi connectivity index (χ3n) is 3.51. The summed E-state index contributed by atoms with van der Waals surface area (Å²) in [6.45, 7) is 8.32. The van der Waals surface area contributed by atoms with Crippen molar-refractivity contribution in [1.29, 1.82) is 0 Å². The number of carbonyl (C=O) groups excluding carboxylic acids is 1. The van der Waals surface area contributed by atoms with Crippen molar-refractivity contribution >= 4 is 23.2 Å². The number of nitrogens with zero attached hydrogens (tertiary/aromatic N) is 3. The molecule has 0 radical (unpaired) electrons. The molecule has 0 spiro atoms. The highest BCUT2D eigenvalue weighted by Crippen LogP contribution is 2.16. The lowest BCUT2D eigenvalue weighted by molar-refractivity contribution is -0.120. The van der Waals surface area contributed by atoms with Crippen molar-refractivity contribution in [2.75, 3.05) is 12.3 Å². The van der Waals surface area contributed by atoms with E-state index in [4.69, 9.17) is 5.73 Å². The SMILES string of the molecule is Cc1nc(CCNC(=O)Cc2c(C)nc(N)nc2C)sc1C. The van der Waals surface area contributed by atoms with E-state index in [9.17, 15) is 4.79 Å². The normalized spacial score (nSPS) is 10.7. The van der Waals surface area contributed by atoms with Gasteiger partial charge in [-0.2, -0.15) is 0 Å². The van der Waals surface area contributed by atoms with E-state index in [0.29, 0.717) is 6.54 Å². The summed E-state index contributed by atoms with van der Waals surface area (Å²) in [5, 5.41) is 3.97. The van der Waals surface area contributed by atoms with Crippen LogP contribution in [0.15, 0.2) is 0 Å². The molecule has 0 aliphatic carbocycles. The van der Waals surface area contributed by atoms with Crippen molar-refractivity contribution in [3.05, 3.63) is 32.5 Å². The van der Waals surface area contributed by atoms with Gasteiger partial charge in [0, 0.05) is 34.8 Å².